The van der Waals surface area contributed by atoms with E-state index in [4.69, 9.17) is 4.74 Å². The molecule has 28 heavy (non-hydrogen) atoms. The zero-order valence-corrected chi connectivity index (χ0v) is 16.1. The number of nitrogens with one attached hydrogen (secondary N) is 1. The van der Waals surface area contributed by atoms with Gasteiger partial charge in [0, 0.05) is 5.69 Å². The Labute approximate surface area is 165 Å². The first kappa shape index (κ1) is 20.1. The molecule has 6 nitrogen and oxygen atoms in total. The first-order valence-corrected chi connectivity index (χ1v) is 10.0. The van der Waals surface area contributed by atoms with Gasteiger partial charge in [0.1, 0.15) is 0 Å². The molecule has 1 saturated carbocycles. The molecule has 2 N–H and O–H groups in total. The number of aliphatic carboxylic acids is 1. The van der Waals surface area contributed by atoms with E-state index < -0.39 is 17.8 Å². The third-order valence-corrected chi connectivity index (χ3v) is 5.67. The Morgan fingerprint density at radius 3 is 2.36 bits per heavy atom. The molecule has 0 saturated heterocycles. The molecule has 0 aromatic heterocycles. The molecule has 4 atom stereocenters. The van der Waals surface area contributed by atoms with Crippen LogP contribution in [0.5, 0.6) is 0 Å². The molecule has 0 radical (unpaired) electrons. The largest absolute Gasteiger partial charge is 0.481 e. The Bertz CT molecular complexity index is 755. The van der Waals surface area contributed by atoms with Crippen LogP contribution in [0.2, 0.25) is 0 Å². The van der Waals surface area contributed by atoms with E-state index >= 15 is 0 Å². The average Bonchev–Trinajstić information content (AvgIpc) is 3.29. The summed E-state index contributed by atoms with van der Waals surface area (Å²) in [5.41, 5.74) is 0.972. The van der Waals surface area contributed by atoms with Crippen LogP contribution in [0, 0.1) is 23.7 Å². The van der Waals surface area contributed by atoms with Crippen molar-refractivity contribution in [2.75, 3.05) is 11.9 Å². The van der Waals surface area contributed by atoms with Crippen LogP contribution in [0.4, 0.5) is 5.69 Å². The number of ether oxygens (including phenoxy) is 1. The lowest BCUT2D eigenvalue weighted by Gasteiger charge is -2.23. The smallest absolute Gasteiger partial charge is 0.338 e. The number of esters is 1. The van der Waals surface area contributed by atoms with Crippen molar-refractivity contribution in [1.82, 2.24) is 0 Å². The van der Waals surface area contributed by atoms with Gasteiger partial charge in [0.2, 0.25) is 5.91 Å². The molecule has 2 aliphatic rings. The summed E-state index contributed by atoms with van der Waals surface area (Å²) >= 11 is 0. The Morgan fingerprint density at radius 1 is 1.04 bits per heavy atom. The van der Waals surface area contributed by atoms with Gasteiger partial charge in [0.05, 0.1) is 24.0 Å². The highest BCUT2D eigenvalue weighted by atomic mass is 16.5. The van der Waals surface area contributed by atoms with Crippen molar-refractivity contribution in [3.05, 3.63) is 42.0 Å². The van der Waals surface area contributed by atoms with Gasteiger partial charge < -0.3 is 15.2 Å². The third-order valence-electron chi connectivity index (χ3n) is 5.67. The van der Waals surface area contributed by atoms with Crippen LogP contribution in [0.3, 0.4) is 0 Å². The van der Waals surface area contributed by atoms with Crippen molar-refractivity contribution >= 4 is 23.5 Å². The summed E-state index contributed by atoms with van der Waals surface area (Å²) in [6.07, 6.45) is 8.75. The van der Waals surface area contributed by atoms with Gasteiger partial charge in [-0.3, -0.25) is 9.59 Å². The van der Waals surface area contributed by atoms with E-state index in [2.05, 4.69) is 12.2 Å². The van der Waals surface area contributed by atoms with Crippen LogP contribution in [-0.2, 0) is 14.3 Å². The molecular formula is C22H27NO5. The fraction of sp³-hybridized carbons (Fsp3) is 0.500. The molecule has 1 aromatic carbocycles. The zero-order chi connectivity index (χ0) is 20.1. The van der Waals surface area contributed by atoms with E-state index in [1.54, 1.807) is 24.3 Å². The summed E-state index contributed by atoms with van der Waals surface area (Å²) < 4.78 is 5.25. The summed E-state index contributed by atoms with van der Waals surface area (Å²) in [7, 11) is 0. The number of carbonyl (C=O) groups excluding carboxylic acids is 2. The highest BCUT2D eigenvalue weighted by Gasteiger charge is 2.51. The summed E-state index contributed by atoms with van der Waals surface area (Å²) in [4.78, 5) is 36.3. The molecule has 1 fully saturated rings. The lowest BCUT2D eigenvalue weighted by molar-refractivity contribution is -0.146. The minimum absolute atomic E-state index is 0.0203. The van der Waals surface area contributed by atoms with Crippen molar-refractivity contribution < 1.29 is 24.2 Å². The second-order valence-electron chi connectivity index (χ2n) is 7.60. The molecule has 3 rings (SSSR count). The lowest BCUT2D eigenvalue weighted by atomic mass is 9.82. The molecule has 1 amide bonds. The quantitative estimate of drug-likeness (QED) is 0.382. The number of carbonyl (C=O) groups is 3. The number of hydrogen-bond donors (Lipinski definition) is 2. The van der Waals surface area contributed by atoms with Gasteiger partial charge in [0.25, 0.3) is 0 Å². The maximum atomic E-state index is 12.7. The number of benzene rings is 1. The van der Waals surface area contributed by atoms with Gasteiger partial charge >= 0.3 is 11.9 Å². The second-order valence-corrected chi connectivity index (χ2v) is 7.60. The fourth-order valence-electron chi connectivity index (χ4n) is 4.21. The molecule has 0 unspecified atom stereocenters. The maximum absolute atomic E-state index is 12.7. The number of unbranched alkanes of at least 4 members (excludes halogenated alkanes) is 3. The number of anilines is 1. The summed E-state index contributed by atoms with van der Waals surface area (Å²) in [6.45, 7) is 2.54. The molecular weight excluding hydrogens is 358 g/mol. The standard InChI is InChI=1S/C22H27NO5/c1-2-3-4-5-12-28-22(27)14-8-10-17(11-9-14)23-20(24)18-15-6-7-16(13-15)19(18)21(25)26/h6-11,15-16,18-19H,2-5,12-13H2,1H3,(H,23,24)(H,25,26)/t15-,16-,18-,19-/m0/s1. The normalized spacial score (nSPS) is 24.9. The first-order valence-electron chi connectivity index (χ1n) is 10.0. The molecule has 150 valence electrons. The van der Waals surface area contributed by atoms with Gasteiger partial charge in [-0.1, -0.05) is 38.3 Å². The average molecular weight is 385 g/mol. The lowest BCUT2D eigenvalue weighted by Crippen LogP contribution is -2.36. The van der Waals surface area contributed by atoms with Crippen LogP contribution < -0.4 is 5.32 Å². The number of fused-ring (bicyclic) bond motifs is 2. The van der Waals surface area contributed by atoms with Gasteiger partial charge in [0.15, 0.2) is 0 Å². The van der Waals surface area contributed by atoms with E-state index in [0.29, 0.717) is 17.9 Å². The van der Waals surface area contributed by atoms with E-state index in [-0.39, 0.29) is 23.7 Å². The molecule has 6 heteroatoms. The third kappa shape index (κ3) is 4.43. The Hall–Kier alpha value is -2.63. The first-order chi connectivity index (χ1) is 13.5. The predicted molar refractivity (Wildman–Crippen MR) is 105 cm³/mol. The van der Waals surface area contributed by atoms with Crippen molar-refractivity contribution in [3.8, 4) is 0 Å². The zero-order valence-electron chi connectivity index (χ0n) is 16.1. The number of amides is 1. The number of carboxylic acids is 1. The number of carboxylic acid groups (broad SMARTS) is 1. The van der Waals surface area contributed by atoms with Crippen molar-refractivity contribution in [2.24, 2.45) is 23.7 Å². The minimum Gasteiger partial charge on any atom is -0.481 e. The topological polar surface area (TPSA) is 92.7 Å². The van der Waals surface area contributed by atoms with Crippen LogP contribution in [0.15, 0.2) is 36.4 Å². The Kier molecular flexibility index (Phi) is 6.49. The molecule has 2 bridgehead atoms. The van der Waals surface area contributed by atoms with Crippen LogP contribution in [-0.4, -0.2) is 29.6 Å². The van der Waals surface area contributed by atoms with Crippen molar-refractivity contribution in [1.29, 1.82) is 0 Å². The van der Waals surface area contributed by atoms with Crippen LogP contribution in [0.1, 0.15) is 49.4 Å². The molecule has 1 aromatic rings. The van der Waals surface area contributed by atoms with Crippen molar-refractivity contribution in [3.63, 3.8) is 0 Å². The molecule has 0 aliphatic heterocycles. The van der Waals surface area contributed by atoms with Crippen LogP contribution >= 0.6 is 0 Å². The SMILES string of the molecule is CCCCCCOC(=O)c1ccc(NC(=O)[C@@H]2[C@@H](C(=O)O)[C@H]3C=C[C@H]2C3)cc1. The van der Waals surface area contributed by atoms with E-state index in [0.717, 1.165) is 32.1 Å². The van der Waals surface area contributed by atoms with E-state index in [9.17, 15) is 19.5 Å². The summed E-state index contributed by atoms with van der Waals surface area (Å²) in [5.74, 6) is -2.89. The maximum Gasteiger partial charge on any atom is 0.338 e. The molecule has 0 heterocycles. The molecule has 2 aliphatic carbocycles. The fourth-order valence-corrected chi connectivity index (χ4v) is 4.21. The second kappa shape index (κ2) is 9.04. The van der Waals surface area contributed by atoms with E-state index in [1.807, 2.05) is 12.2 Å². The van der Waals surface area contributed by atoms with Gasteiger partial charge in [-0.2, -0.15) is 0 Å². The monoisotopic (exact) mass is 385 g/mol. The number of allylic oxidation sites excluding steroid dienone is 2. The Morgan fingerprint density at radius 2 is 1.71 bits per heavy atom. The number of hydrogen-bond acceptors (Lipinski definition) is 4. The predicted octanol–water partition coefficient (Wildman–Crippen LogP) is 3.89. The van der Waals surface area contributed by atoms with Crippen molar-refractivity contribution in [2.45, 2.75) is 39.0 Å². The summed E-state index contributed by atoms with van der Waals surface area (Å²) in [6, 6.07) is 6.51. The van der Waals surface area contributed by atoms with Gasteiger partial charge in [-0.25, -0.2) is 4.79 Å². The van der Waals surface area contributed by atoms with E-state index in [1.165, 1.54) is 0 Å². The van der Waals surface area contributed by atoms with Gasteiger partial charge in [-0.05, 0) is 48.9 Å². The number of rotatable bonds is 9. The Balaban J connectivity index is 1.54. The molecule has 0 spiro atoms. The minimum atomic E-state index is -0.922. The van der Waals surface area contributed by atoms with Crippen LogP contribution in [0.25, 0.3) is 0 Å². The summed E-state index contributed by atoms with van der Waals surface area (Å²) in [5, 5.41) is 12.3. The highest BCUT2D eigenvalue weighted by Crippen LogP contribution is 2.48. The van der Waals surface area contributed by atoms with Gasteiger partial charge in [-0.15, -0.1) is 0 Å². The highest BCUT2D eigenvalue weighted by molar-refractivity contribution is 5.97.